The number of nitrogens with zero attached hydrogens (tertiary/aromatic N) is 1. The van der Waals surface area contributed by atoms with Crippen molar-refractivity contribution in [2.24, 2.45) is 0 Å². The molecule has 0 aromatic heterocycles. The summed E-state index contributed by atoms with van der Waals surface area (Å²) in [6.45, 7) is 11.0. The van der Waals surface area contributed by atoms with Crippen LogP contribution in [-0.4, -0.2) is 12.1 Å². The molecule has 0 atom stereocenters. The average molecular weight is 289 g/mol. The molecule has 0 N–H and O–H groups in total. The molecular weight excluding hydrogens is 274 g/mol. The fourth-order valence-electron chi connectivity index (χ4n) is 2.75. The first-order valence-corrected chi connectivity index (χ1v) is 7.15. The summed E-state index contributed by atoms with van der Waals surface area (Å²) in [4.78, 5) is 15.8. The van der Waals surface area contributed by atoms with Crippen molar-refractivity contribution in [3.8, 4) is 11.1 Å². The molecule has 2 aromatic carbocycles. The van der Waals surface area contributed by atoms with E-state index in [0.29, 0.717) is 5.57 Å². The van der Waals surface area contributed by atoms with E-state index in [0.717, 1.165) is 22.3 Å². The summed E-state index contributed by atoms with van der Waals surface area (Å²) in [5, 5.41) is 0. The van der Waals surface area contributed by atoms with E-state index < -0.39 is 5.97 Å². The van der Waals surface area contributed by atoms with E-state index in [-0.39, 0.29) is 11.8 Å². The van der Waals surface area contributed by atoms with Crippen LogP contribution < -0.4 is 0 Å². The van der Waals surface area contributed by atoms with Gasteiger partial charge in [0.15, 0.2) is 0 Å². The van der Waals surface area contributed by atoms with Crippen molar-refractivity contribution in [2.75, 3.05) is 0 Å². The number of benzene rings is 2. The predicted molar refractivity (Wildman–Crippen MR) is 85.7 cm³/mol. The lowest BCUT2D eigenvalue weighted by molar-refractivity contribution is -0.142. The molecule has 108 valence electrons. The van der Waals surface area contributed by atoms with Gasteiger partial charge in [-0.3, -0.25) is 4.79 Å². The van der Waals surface area contributed by atoms with E-state index >= 15 is 0 Å². The molecule has 2 aromatic rings. The van der Waals surface area contributed by atoms with Crippen molar-refractivity contribution >= 4 is 11.5 Å². The van der Waals surface area contributed by atoms with Gasteiger partial charge in [-0.25, -0.2) is 4.85 Å². The minimum Gasteiger partial charge on any atom is -0.468 e. The van der Waals surface area contributed by atoms with Crippen molar-refractivity contribution in [1.82, 2.24) is 0 Å². The Labute approximate surface area is 129 Å². The largest absolute Gasteiger partial charge is 0.468 e. The first-order valence-electron chi connectivity index (χ1n) is 7.15. The smallest absolute Gasteiger partial charge is 0.337 e. The fourth-order valence-corrected chi connectivity index (χ4v) is 2.75. The number of hydrogen-bond donors (Lipinski definition) is 0. The lowest BCUT2D eigenvalue weighted by atomic mass is 10.0. The highest BCUT2D eigenvalue weighted by Crippen LogP contribution is 2.45. The summed E-state index contributed by atoms with van der Waals surface area (Å²) in [6, 6.07) is 15.7. The van der Waals surface area contributed by atoms with E-state index in [2.05, 4.69) is 4.85 Å². The Bertz CT molecular complexity index is 778. The van der Waals surface area contributed by atoms with Crippen LogP contribution in [0.25, 0.3) is 21.5 Å². The summed E-state index contributed by atoms with van der Waals surface area (Å²) in [6.07, 6.45) is -0.253. The third-order valence-electron chi connectivity index (χ3n) is 3.57. The van der Waals surface area contributed by atoms with Crippen LogP contribution in [0.3, 0.4) is 0 Å². The molecule has 3 nitrogen and oxygen atoms in total. The normalized spacial score (nSPS) is 11.6. The number of carbonyl (C=O) groups is 1. The first kappa shape index (κ1) is 14.1. The molecule has 0 spiro atoms. The SMILES string of the molecule is [C-]#[N+]C(C(=O)OC(C)C)=C1c2ccccc2-c2ccccc21. The lowest BCUT2D eigenvalue weighted by Crippen LogP contribution is -2.13. The number of esters is 1. The van der Waals surface area contributed by atoms with Crippen molar-refractivity contribution in [3.63, 3.8) is 0 Å². The van der Waals surface area contributed by atoms with E-state index in [9.17, 15) is 4.79 Å². The quantitative estimate of drug-likeness (QED) is 0.400. The van der Waals surface area contributed by atoms with Gasteiger partial charge < -0.3 is 4.74 Å². The minimum absolute atomic E-state index is 0.0473. The maximum Gasteiger partial charge on any atom is 0.337 e. The van der Waals surface area contributed by atoms with Crippen LogP contribution in [-0.2, 0) is 9.53 Å². The highest BCUT2D eigenvalue weighted by atomic mass is 16.5. The second-order valence-electron chi connectivity index (χ2n) is 5.38. The second kappa shape index (κ2) is 5.50. The maximum absolute atomic E-state index is 12.3. The van der Waals surface area contributed by atoms with Gasteiger partial charge in [0.2, 0.25) is 0 Å². The predicted octanol–water partition coefficient (Wildman–Crippen LogP) is 4.30. The van der Waals surface area contributed by atoms with Gasteiger partial charge in [0.25, 0.3) is 5.70 Å². The minimum atomic E-state index is -0.563. The molecule has 0 saturated heterocycles. The van der Waals surface area contributed by atoms with Gasteiger partial charge in [0.1, 0.15) is 0 Å². The van der Waals surface area contributed by atoms with Crippen LogP contribution in [0, 0.1) is 6.57 Å². The molecule has 0 unspecified atom stereocenters. The molecule has 0 bridgehead atoms. The van der Waals surface area contributed by atoms with Crippen LogP contribution in [0.5, 0.6) is 0 Å². The summed E-state index contributed by atoms with van der Waals surface area (Å²) < 4.78 is 5.24. The van der Waals surface area contributed by atoms with Crippen LogP contribution in [0.2, 0.25) is 0 Å². The van der Waals surface area contributed by atoms with Gasteiger partial charge in [-0.1, -0.05) is 48.5 Å². The monoisotopic (exact) mass is 289 g/mol. The molecule has 1 aliphatic carbocycles. The van der Waals surface area contributed by atoms with Gasteiger partial charge in [-0.2, -0.15) is 0 Å². The zero-order valence-electron chi connectivity index (χ0n) is 12.5. The number of ether oxygens (including phenoxy) is 1. The Morgan fingerprint density at radius 3 is 1.82 bits per heavy atom. The van der Waals surface area contributed by atoms with Crippen LogP contribution in [0.4, 0.5) is 0 Å². The third-order valence-corrected chi connectivity index (χ3v) is 3.57. The Hall–Kier alpha value is -2.86. The van der Waals surface area contributed by atoms with Gasteiger partial charge >= 0.3 is 5.97 Å². The molecule has 0 heterocycles. The molecule has 3 heteroatoms. The van der Waals surface area contributed by atoms with E-state index in [1.807, 2.05) is 48.5 Å². The topological polar surface area (TPSA) is 30.7 Å². The zero-order valence-corrected chi connectivity index (χ0v) is 12.5. The molecular formula is C19H15NO2. The zero-order chi connectivity index (χ0) is 15.7. The highest BCUT2D eigenvalue weighted by molar-refractivity contribution is 6.11. The molecule has 0 aliphatic heterocycles. The molecule has 0 radical (unpaired) electrons. The van der Waals surface area contributed by atoms with Crippen molar-refractivity contribution in [3.05, 3.63) is 76.8 Å². The van der Waals surface area contributed by atoms with Crippen LogP contribution in [0.1, 0.15) is 25.0 Å². The third kappa shape index (κ3) is 2.19. The maximum atomic E-state index is 12.3. The molecule has 0 saturated carbocycles. The lowest BCUT2D eigenvalue weighted by Gasteiger charge is -2.10. The Kier molecular flexibility index (Phi) is 3.52. The fraction of sp³-hybridized carbons (Fsp3) is 0.158. The first-order chi connectivity index (χ1) is 10.6. The van der Waals surface area contributed by atoms with Gasteiger partial charge in [-0.05, 0) is 36.1 Å². The second-order valence-corrected chi connectivity index (χ2v) is 5.38. The summed E-state index contributed by atoms with van der Waals surface area (Å²) in [7, 11) is 0. The Balaban J connectivity index is 2.28. The molecule has 3 rings (SSSR count). The highest BCUT2D eigenvalue weighted by Gasteiger charge is 2.29. The summed E-state index contributed by atoms with van der Waals surface area (Å²) in [5.74, 6) is -0.563. The van der Waals surface area contributed by atoms with Crippen molar-refractivity contribution < 1.29 is 9.53 Å². The molecule has 0 fully saturated rings. The van der Waals surface area contributed by atoms with Gasteiger partial charge in [0, 0.05) is 5.57 Å². The summed E-state index contributed by atoms with van der Waals surface area (Å²) in [5.41, 5.74) is 4.64. The molecule has 0 amide bonds. The average Bonchev–Trinajstić information content (AvgIpc) is 2.83. The van der Waals surface area contributed by atoms with Crippen molar-refractivity contribution in [2.45, 2.75) is 20.0 Å². The number of fused-ring (bicyclic) bond motifs is 3. The molecule has 22 heavy (non-hydrogen) atoms. The number of hydrogen-bond acceptors (Lipinski definition) is 2. The van der Waals surface area contributed by atoms with Crippen LogP contribution in [0.15, 0.2) is 54.2 Å². The summed E-state index contributed by atoms with van der Waals surface area (Å²) >= 11 is 0. The standard InChI is InChI=1S/C19H15NO2/c1-12(2)22-19(21)18(20-3)17-15-10-6-4-8-13(15)14-9-5-7-11-16(14)17/h4-12H,1-2H3. The van der Waals surface area contributed by atoms with E-state index in [1.54, 1.807) is 13.8 Å². The van der Waals surface area contributed by atoms with E-state index in [4.69, 9.17) is 11.3 Å². The number of carbonyl (C=O) groups excluding carboxylic acids is 1. The van der Waals surface area contributed by atoms with Crippen LogP contribution >= 0.6 is 0 Å². The Morgan fingerprint density at radius 1 is 0.955 bits per heavy atom. The van der Waals surface area contributed by atoms with Gasteiger partial charge in [-0.15, -0.1) is 0 Å². The Morgan fingerprint density at radius 2 is 1.41 bits per heavy atom. The molecule has 1 aliphatic rings. The van der Waals surface area contributed by atoms with Crippen molar-refractivity contribution in [1.29, 1.82) is 0 Å². The van der Waals surface area contributed by atoms with E-state index in [1.165, 1.54) is 0 Å². The number of rotatable bonds is 2. The van der Waals surface area contributed by atoms with Gasteiger partial charge in [0.05, 0.1) is 12.7 Å².